The number of ether oxygens (including phenoxy) is 1. The van der Waals surface area contributed by atoms with E-state index in [1.807, 2.05) is 42.5 Å². The molecule has 2 heterocycles. The van der Waals surface area contributed by atoms with Crippen molar-refractivity contribution in [1.82, 2.24) is 20.4 Å². The summed E-state index contributed by atoms with van der Waals surface area (Å²) in [5, 5.41) is 7.22. The lowest BCUT2D eigenvalue weighted by molar-refractivity contribution is -0.126. The van der Waals surface area contributed by atoms with Gasteiger partial charge in [-0.1, -0.05) is 33.2 Å². The highest BCUT2D eigenvalue weighted by molar-refractivity contribution is 9.10. The minimum absolute atomic E-state index is 0.00978. The molecule has 174 valence electrons. The molecular formula is C25H29BrN4O3. The second-order valence-corrected chi connectivity index (χ2v) is 9.25. The van der Waals surface area contributed by atoms with Crippen molar-refractivity contribution in [3.8, 4) is 17.1 Å². The molecule has 7 nitrogen and oxygen atoms in total. The second kappa shape index (κ2) is 11.4. The third kappa shape index (κ3) is 6.65. The van der Waals surface area contributed by atoms with Crippen molar-refractivity contribution in [2.24, 2.45) is 5.92 Å². The Morgan fingerprint density at radius 3 is 2.94 bits per heavy atom. The number of nitrogens with one attached hydrogen (secondary N) is 1. The van der Waals surface area contributed by atoms with Crippen LogP contribution < -0.4 is 10.1 Å². The molecule has 3 aromatic rings. The average molecular weight is 513 g/mol. The summed E-state index contributed by atoms with van der Waals surface area (Å²) in [4.78, 5) is 19.5. The van der Waals surface area contributed by atoms with Crippen molar-refractivity contribution >= 4 is 21.8 Å². The lowest BCUT2D eigenvalue weighted by Gasteiger charge is -2.30. The number of likely N-dealkylation sites (tertiary alicyclic amines) is 1. The number of aromatic nitrogens is 2. The summed E-state index contributed by atoms with van der Waals surface area (Å²) in [7, 11) is 1.67. The van der Waals surface area contributed by atoms with Gasteiger partial charge < -0.3 is 14.6 Å². The predicted molar refractivity (Wildman–Crippen MR) is 130 cm³/mol. The molecule has 1 amide bonds. The number of carbonyl (C=O) groups excluding carboxylic acids is 1. The molecule has 2 aromatic carbocycles. The van der Waals surface area contributed by atoms with Gasteiger partial charge in [-0.15, -0.1) is 0 Å². The van der Waals surface area contributed by atoms with Crippen LogP contribution in [-0.4, -0.2) is 47.7 Å². The molecule has 0 radical (unpaired) electrons. The first kappa shape index (κ1) is 23.4. The fraction of sp³-hybridized carbons (Fsp3) is 0.400. The van der Waals surface area contributed by atoms with Crippen molar-refractivity contribution in [2.75, 3.05) is 26.7 Å². The molecule has 0 spiro atoms. The first-order chi connectivity index (χ1) is 16.1. The molecule has 1 aromatic heterocycles. The van der Waals surface area contributed by atoms with Gasteiger partial charge in [0.2, 0.25) is 17.6 Å². The monoisotopic (exact) mass is 512 g/mol. The van der Waals surface area contributed by atoms with E-state index in [-0.39, 0.29) is 11.8 Å². The maximum atomic E-state index is 12.7. The fourth-order valence-electron chi connectivity index (χ4n) is 4.12. The van der Waals surface area contributed by atoms with Gasteiger partial charge in [-0.25, -0.2) is 0 Å². The van der Waals surface area contributed by atoms with Crippen molar-refractivity contribution in [2.45, 2.75) is 32.2 Å². The fourth-order valence-corrected chi connectivity index (χ4v) is 4.38. The third-order valence-electron chi connectivity index (χ3n) is 5.88. The van der Waals surface area contributed by atoms with E-state index in [1.165, 1.54) is 5.56 Å². The van der Waals surface area contributed by atoms with Crippen LogP contribution in [0.3, 0.4) is 0 Å². The number of hydrogen-bond acceptors (Lipinski definition) is 6. The minimum atomic E-state index is -0.00978. The Morgan fingerprint density at radius 2 is 2.12 bits per heavy atom. The molecule has 33 heavy (non-hydrogen) atoms. The first-order valence-corrected chi connectivity index (χ1v) is 12.1. The van der Waals surface area contributed by atoms with Crippen LogP contribution >= 0.6 is 15.9 Å². The minimum Gasteiger partial charge on any atom is -0.497 e. The summed E-state index contributed by atoms with van der Waals surface area (Å²) in [6.07, 6.45) is 3.70. The third-order valence-corrected chi connectivity index (χ3v) is 6.41. The highest BCUT2D eigenvalue weighted by Gasteiger charge is 2.26. The predicted octanol–water partition coefficient (Wildman–Crippen LogP) is 4.47. The molecule has 1 saturated heterocycles. The Labute approximate surface area is 202 Å². The largest absolute Gasteiger partial charge is 0.497 e. The number of aryl methyl sites for hydroxylation is 1. The van der Waals surface area contributed by atoms with Gasteiger partial charge >= 0.3 is 0 Å². The van der Waals surface area contributed by atoms with E-state index in [0.717, 1.165) is 48.0 Å². The van der Waals surface area contributed by atoms with Crippen LogP contribution in [-0.2, 0) is 17.8 Å². The van der Waals surface area contributed by atoms with Crippen molar-refractivity contribution < 1.29 is 14.1 Å². The SMILES string of the molecule is COc1cccc(CCCNC(=O)C2CCCN(Cc3nc(-c4ccc(Br)cc4)no3)C2)c1. The standard InChI is InChI=1S/C25H29BrN4O3/c1-32-22-8-2-5-18(15-22)6-3-13-27-25(31)20-7-4-14-30(16-20)17-23-28-24(29-33-23)19-9-11-21(26)12-10-19/h2,5,8-12,15,20H,3-4,6-7,13-14,16-17H2,1H3,(H,27,31). The quantitative estimate of drug-likeness (QED) is 0.426. The summed E-state index contributed by atoms with van der Waals surface area (Å²) in [6, 6.07) is 15.9. The van der Waals surface area contributed by atoms with E-state index in [1.54, 1.807) is 7.11 Å². The molecule has 1 aliphatic rings. The number of nitrogens with zero attached hydrogens (tertiary/aromatic N) is 3. The van der Waals surface area contributed by atoms with Gasteiger partial charge in [-0.3, -0.25) is 9.69 Å². The van der Waals surface area contributed by atoms with E-state index in [0.29, 0.717) is 31.3 Å². The zero-order chi connectivity index (χ0) is 23.0. The zero-order valence-corrected chi connectivity index (χ0v) is 20.4. The van der Waals surface area contributed by atoms with Gasteiger partial charge in [0.05, 0.1) is 19.6 Å². The van der Waals surface area contributed by atoms with Gasteiger partial charge in [-0.05, 0) is 74.2 Å². The number of amides is 1. The zero-order valence-electron chi connectivity index (χ0n) is 18.8. The Morgan fingerprint density at radius 1 is 1.27 bits per heavy atom. The molecular weight excluding hydrogens is 484 g/mol. The maximum Gasteiger partial charge on any atom is 0.241 e. The molecule has 1 atom stereocenters. The van der Waals surface area contributed by atoms with Crippen LogP contribution in [0.5, 0.6) is 5.75 Å². The number of benzene rings is 2. The van der Waals surface area contributed by atoms with Gasteiger partial charge in [0.25, 0.3) is 0 Å². The van der Waals surface area contributed by atoms with Crippen molar-refractivity contribution in [3.63, 3.8) is 0 Å². The number of rotatable bonds is 9. The maximum absolute atomic E-state index is 12.7. The number of methoxy groups -OCH3 is 1. The summed E-state index contributed by atoms with van der Waals surface area (Å²) >= 11 is 3.43. The summed E-state index contributed by atoms with van der Waals surface area (Å²) in [5.41, 5.74) is 2.13. The van der Waals surface area contributed by atoms with Crippen molar-refractivity contribution in [3.05, 3.63) is 64.5 Å². The Hall–Kier alpha value is -2.71. The highest BCUT2D eigenvalue weighted by Crippen LogP contribution is 2.22. The molecule has 0 aliphatic carbocycles. The lowest BCUT2D eigenvalue weighted by atomic mass is 9.97. The van der Waals surface area contributed by atoms with Crippen LogP contribution in [0.15, 0.2) is 57.5 Å². The van der Waals surface area contributed by atoms with Gasteiger partial charge in [0.1, 0.15) is 5.75 Å². The lowest BCUT2D eigenvalue weighted by Crippen LogP contribution is -2.43. The molecule has 1 N–H and O–H groups in total. The van der Waals surface area contributed by atoms with Crippen LogP contribution in [0.4, 0.5) is 0 Å². The first-order valence-electron chi connectivity index (χ1n) is 11.3. The Kier molecular flexibility index (Phi) is 8.12. The molecule has 0 saturated carbocycles. The highest BCUT2D eigenvalue weighted by atomic mass is 79.9. The summed E-state index contributed by atoms with van der Waals surface area (Å²) in [6.45, 7) is 2.86. The molecule has 1 aliphatic heterocycles. The summed E-state index contributed by atoms with van der Waals surface area (Å²) < 4.78 is 11.7. The van der Waals surface area contributed by atoms with E-state index >= 15 is 0 Å². The van der Waals surface area contributed by atoms with E-state index < -0.39 is 0 Å². The number of hydrogen-bond donors (Lipinski definition) is 1. The molecule has 0 bridgehead atoms. The number of carbonyl (C=O) groups is 1. The molecule has 4 rings (SSSR count). The number of piperidine rings is 1. The molecule has 1 unspecified atom stereocenters. The molecule has 1 fully saturated rings. The van der Waals surface area contributed by atoms with E-state index in [9.17, 15) is 4.79 Å². The van der Waals surface area contributed by atoms with Gasteiger partial charge in [-0.2, -0.15) is 4.98 Å². The van der Waals surface area contributed by atoms with Crippen molar-refractivity contribution in [1.29, 1.82) is 0 Å². The van der Waals surface area contributed by atoms with Crippen LogP contribution in [0.2, 0.25) is 0 Å². The Bertz CT molecular complexity index is 1050. The molecule has 8 heteroatoms. The topological polar surface area (TPSA) is 80.5 Å². The average Bonchev–Trinajstić information content (AvgIpc) is 3.31. The smallest absolute Gasteiger partial charge is 0.241 e. The van der Waals surface area contributed by atoms with E-state index in [2.05, 4.69) is 42.4 Å². The van der Waals surface area contributed by atoms with E-state index in [4.69, 9.17) is 9.26 Å². The normalized spacial score (nSPS) is 16.5. The Balaban J connectivity index is 1.22. The van der Waals surface area contributed by atoms with Gasteiger partial charge in [0, 0.05) is 23.1 Å². The number of halogens is 1. The van der Waals surface area contributed by atoms with Crippen LogP contribution in [0.25, 0.3) is 11.4 Å². The second-order valence-electron chi connectivity index (χ2n) is 8.34. The van der Waals surface area contributed by atoms with Crippen LogP contribution in [0, 0.1) is 5.92 Å². The van der Waals surface area contributed by atoms with Gasteiger partial charge in [0.15, 0.2) is 0 Å². The summed E-state index contributed by atoms with van der Waals surface area (Å²) in [5.74, 6) is 2.15. The van der Waals surface area contributed by atoms with Crippen LogP contribution in [0.1, 0.15) is 30.7 Å².